The molecular formula is C18H26N4OS. The summed E-state index contributed by atoms with van der Waals surface area (Å²) >= 11 is 5.47. The molecule has 1 heterocycles. The van der Waals surface area contributed by atoms with E-state index in [1.807, 2.05) is 57.1 Å². The minimum atomic E-state index is -0.0500. The van der Waals surface area contributed by atoms with Crippen molar-refractivity contribution in [3.05, 3.63) is 45.7 Å². The lowest BCUT2D eigenvalue weighted by Crippen LogP contribution is -2.43. The molecule has 24 heavy (non-hydrogen) atoms. The smallest absolute Gasteiger partial charge is 0.253 e. The van der Waals surface area contributed by atoms with Crippen LogP contribution in [-0.4, -0.2) is 53.6 Å². The zero-order chi connectivity index (χ0) is 17.7. The summed E-state index contributed by atoms with van der Waals surface area (Å²) in [6, 6.07) is 8.00. The van der Waals surface area contributed by atoms with Gasteiger partial charge in [0.2, 0.25) is 0 Å². The number of para-hydroxylation sites is 1. The number of aromatic nitrogens is 1. The number of rotatable bonds is 6. The maximum Gasteiger partial charge on any atom is 0.253 e. The summed E-state index contributed by atoms with van der Waals surface area (Å²) in [5, 5.41) is 4.91. The molecule has 0 atom stereocenters. The van der Waals surface area contributed by atoms with Crippen molar-refractivity contribution in [2.75, 3.05) is 33.7 Å². The highest BCUT2D eigenvalue weighted by molar-refractivity contribution is 7.80. The fraction of sp³-hybridized carbons (Fsp3) is 0.444. The minimum absolute atomic E-state index is 0.0500. The normalized spacial score (nSPS) is 11.0. The molecule has 2 rings (SSSR count). The Kier molecular flexibility index (Phi) is 6.34. The molecular weight excluding hydrogens is 320 g/mol. The van der Waals surface area contributed by atoms with Gasteiger partial charge in [0.15, 0.2) is 5.11 Å². The van der Waals surface area contributed by atoms with Crippen molar-refractivity contribution in [3.63, 3.8) is 0 Å². The van der Waals surface area contributed by atoms with Crippen molar-refractivity contribution in [3.8, 4) is 0 Å². The van der Waals surface area contributed by atoms with Gasteiger partial charge < -0.3 is 20.1 Å². The second-order valence-electron chi connectivity index (χ2n) is 6.22. The van der Waals surface area contributed by atoms with E-state index in [0.29, 0.717) is 11.7 Å². The fourth-order valence-corrected chi connectivity index (χ4v) is 2.89. The highest BCUT2D eigenvalue weighted by Gasteiger charge is 2.13. The highest BCUT2D eigenvalue weighted by atomic mass is 32.1. The fourth-order valence-electron chi connectivity index (χ4n) is 2.59. The molecule has 0 aliphatic heterocycles. The van der Waals surface area contributed by atoms with Crippen molar-refractivity contribution >= 4 is 28.2 Å². The van der Waals surface area contributed by atoms with Crippen molar-refractivity contribution in [1.82, 2.24) is 20.1 Å². The molecule has 0 fully saturated rings. The lowest BCUT2D eigenvalue weighted by molar-refractivity contribution is 0.322. The van der Waals surface area contributed by atoms with E-state index in [-0.39, 0.29) is 5.56 Å². The van der Waals surface area contributed by atoms with E-state index in [1.54, 1.807) is 0 Å². The minimum Gasteiger partial charge on any atom is -0.363 e. The molecule has 2 aromatic rings. The predicted octanol–water partition coefficient (Wildman–Crippen LogP) is 2.09. The Morgan fingerprint density at radius 3 is 2.71 bits per heavy atom. The number of thiocarbonyl (C=S) groups is 1. The van der Waals surface area contributed by atoms with Gasteiger partial charge >= 0.3 is 0 Å². The predicted molar refractivity (Wildman–Crippen MR) is 105 cm³/mol. The number of fused-ring (bicyclic) bond motifs is 1. The number of hydrogen-bond acceptors (Lipinski definition) is 3. The van der Waals surface area contributed by atoms with E-state index < -0.39 is 0 Å². The van der Waals surface area contributed by atoms with Crippen LogP contribution >= 0.6 is 12.2 Å². The molecule has 1 aromatic heterocycles. The SMILES string of the molecule is CCNC(=S)N(CCN(C)C)Cc1cc2cccc(C)c2[nH]c1=O. The highest BCUT2D eigenvalue weighted by Crippen LogP contribution is 2.15. The summed E-state index contributed by atoms with van der Waals surface area (Å²) in [5.74, 6) is 0. The first-order chi connectivity index (χ1) is 11.4. The lowest BCUT2D eigenvalue weighted by Gasteiger charge is -2.27. The van der Waals surface area contributed by atoms with Gasteiger partial charge in [0, 0.05) is 25.2 Å². The monoisotopic (exact) mass is 346 g/mol. The molecule has 6 heteroatoms. The quantitative estimate of drug-likeness (QED) is 0.785. The van der Waals surface area contributed by atoms with Crippen LogP contribution in [0.2, 0.25) is 0 Å². The maximum absolute atomic E-state index is 12.5. The largest absolute Gasteiger partial charge is 0.363 e. The van der Waals surface area contributed by atoms with E-state index >= 15 is 0 Å². The molecule has 0 saturated heterocycles. The second-order valence-corrected chi connectivity index (χ2v) is 6.61. The van der Waals surface area contributed by atoms with Crippen LogP contribution in [-0.2, 0) is 6.54 Å². The first-order valence-corrected chi connectivity index (χ1v) is 8.62. The summed E-state index contributed by atoms with van der Waals surface area (Å²) in [7, 11) is 4.06. The molecule has 2 N–H and O–H groups in total. The van der Waals surface area contributed by atoms with Crippen LogP contribution < -0.4 is 10.9 Å². The molecule has 0 saturated carbocycles. The van der Waals surface area contributed by atoms with Gasteiger partial charge in [0.1, 0.15) is 0 Å². The first-order valence-electron chi connectivity index (χ1n) is 8.21. The second kappa shape index (κ2) is 8.26. The van der Waals surface area contributed by atoms with Gasteiger partial charge in [-0.15, -0.1) is 0 Å². The number of nitrogens with one attached hydrogen (secondary N) is 2. The van der Waals surface area contributed by atoms with Gasteiger partial charge in [0.05, 0.1) is 12.1 Å². The van der Waals surface area contributed by atoms with E-state index in [0.717, 1.165) is 41.7 Å². The van der Waals surface area contributed by atoms with E-state index in [4.69, 9.17) is 12.2 Å². The van der Waals surface area contributed by atoms with Gasteiger partial charge in [0.25, 0.3) is 5.56 Å². The Morgan fingerprint density at radius 1 is 1.29 bits per heavy atom. The maximum atomic E-state index is 12.5. The van der Waals surface area contributed by atoms with Crippen molar-refractivity contribution in [1.29, 1.82) is 0 Å². The van der Waals surface area contributed by atoms with E-state index in [9.17, 15) is 4.79 Å². The van der Waals surface area contributed by atoms with Gasteiger partial charge in [-0.05, 0) is 57.2 Å². The third-order valence-corrected chi connectivity index (χ3v) is 4.36. The molecule has 5 nitrogen and oxygen atoms in total. The molecule has 0 radical (unpaired) electrons. The van der Waals surface area contributed by atoms with Crippen LogP contribution in [0.4, 0.5) is 0 Å². The Labute approximate surface area is 148 Å². The number of H-pyrrole nitrogens is 1. The Morgan fingerprint density at radius 2 is 2.04 bits per heavy atom. The Bertz CT molecular complexity index is 769. The topological polar surface area (TPSA) is 51.4 Å². The summed E-state index contributed by atoms with van der Waals surface area (Å²) in [6.45, 7) is 6.92. The number of hydrogen-bond donors (Lipinski definition) is 2. The van der Waals surface area contributed by atoms with Crippen LogP contribution in [0.5, 0.6) is 0 Å². The molecule has 0 unspecified atom stereocenters. The first kappa shape index (κ1) is 18.4. The van der Waals surface area contributed by atoms with Crippen molar-refractivity contribution in [2.45, 2.75) is 20.4 Å². The average Bonchev–Trinajstić information content (AvgIpc) is 2.52. The van der Waals surface area contributed by atoms with Crippen LogP contribution in [0.25, 0.3) is 10.9 Å². The Hall–Kier alpha value is -1.92. The third-order valence-electron chi connectivity index (χ3n) is 3.96. The van der Waals surface area contributed by atoms with Crippen LogP contribution in [0.15, 0.2) is 29.1 Å². The lowest BCUT2D eigenvalue weighted by atomic mass is 10.1. The Balaban J connectivity index is 2.30. The van der Waals surface area contributed by atoms with Crippen LogP contribution in [0, 0.1) is 6.92 Å². The van der Waals surface area contributed by atoms with Gasteiger partial charge in [-0.3, -0.25) is 4.79 Å². The van der Waals surface area contributed by atoms with Crippen molar-refractivity contribution < 1.29 is 0 Å². The molecule has 0 bridgehead atoms. The zero-order valence-electron chi connectivity index (χ0n) is 14.8. The third kappa shape index (κ3) is 4.55. The summed E-state index contributed by atoms with van der Waals surface area (Å²) in [4.78, 5) is 19.6. The number of pyridine rings is 1. The van der Waals surface area contributed by atoms with E-state index in [1.165, 1.54) is 0 Å². The number of benzene rings is 1. The number of aromatic amines is 1. The van der Waals surface area contributed by atoms with Crippen molar-refractivity contribution in [2.24, 2.45) is 0 Å². The summed E-state index contributed by atoms with van der Waals surface area (Å²) in [6.07, 6.45) is 0. The summed E-state index contributed by atoms with van der Waals surface area (Å²) < 4.78 is 0. The zero-order valence-corrected chi connectivity index (χ0v) is 15.7. The number of aryl methyl sites for hydroxylation is 1. The van der Waals surface area contributed by atoms with E-state index in [2.05, 4.69) is 15.2 Å². The molecule has 0 aliphatic carbocycles. The average molecular weight is 347 g/mol. The van der Waals surface area contributed by atoms with Crippen LogP contribution in [0.3, 0.4) is 0 Å². The standard InChI is InChI=1S/C18H26N4OS/c1-5-19-18(24)22(10-9-21(3)4)12-15-11-14-8-6-7-13(2)16(14)20-17(15)23/h6-8,11H,5,9-10,12H2,1-4H3,(H,19,24)(H,20,23). The van der Waals surface area contributed by atoms with Gasteiger partial charge in [-0.2, -0.15) is 0 Å². The van der Waals surface area contributed by atoms with Crippen LogP contribution in [0.1, 0.15) is 18.1 Å². The summed E-state index contributed by atoms with van der Waals surface area (Å²) in [5.41, 5.74) is 2.65. The molecule has 130 valence electrons. The number of likely N-dealkylation sites (N-methyl/N-ethyl adjacent to an activating group) is 1. The molecule has 0 amide bonds. The molecule has 0 spiro atoms. The van der Waals surface area contributed by atoms with Gasteiger partial charge in [-0.25, -0.2) is 0 Å². The number of nitrogens with zero attached hydrogens (tertiary/aromatic N) is 2. The molecule has 1 aromatic carbocycles. The molecule has 0 aliphatic rings. The van der Waals surface area contributed by atoms with Gasteiger partial charge in [-0.1, -0.05) is 18.2 Å².